The maximum Gasteiger partial charge on any atom is 0.164 e. The minimum Gasteiger partial charge on any atom is -0.294 e. The average molecular weight is 407 g/mol. The van der Waals surface area contributed by atoms with Gasteiger partial charge in [-0.2, -0.15) is 0 Å². The normalized spacial score (nSPS) is 17.1. The topological polar surface area (TPSA) is 17.1 Å². The molecule has 0 N–H and O–H groups in total. The average Bonchev–Trinajstić information content (AvgIpc) is 2.33. The van der Waals surface area contributed by atoms with Gasteiger partial charge in [0.1, 0.15) is 0 Å². The van der Waals surface area contributed by atoms with Gasteiger partial charge in [-0.1, -0.05) is 48.0 Å². The van der Waals surface area contributed by atoms with Gasteiger partial charge in [0.2, 0.25) is 0 Å². The predicted octanol–water partition coefficient (Wildman–Crippen LogP) is 5.21. The van der Waals surface area contributed by atoms with Gasteiger partial charge < -0.3 is 0 Å². The standard InChI is InChI=1S/C14H16BrIO/c15-13-7-6-11(16)9-12(13)14(17)8-10-4-2-1-3-5-10/h6-7,9-10H,1-5,8H2. The Labute approximate surface area is 125 Å². The lowest BCUT2D eigenvalue weighted by molar-refractivity contribution is 0.0949. The number of halogens is 2. The molecule has 0 amide bonds. The summed E-state index contributed by atoms with van der Waals surface area (Å²) in [6.45, 7) is 0. The SMILES string of the molecule is O=C(CC1CCCCC1)c1cc(I)ccc1Br. The lowest BCUT2D eigenvalue weighted by Crippen LogP contribution is -2.12. The predicted molar refractivity (Wildman–Crippen MR) is 82.4 cm³/mol. The molecule has 1 aromatic rings. The molecule has 3 heteroatoms. The van der Waals surface area contributed by atoms with Crippen LogP contribution >= 0.6 is 38.5 Å². The third-order valence-corrected chi connectivity index (χ3v) is 4.79. The van der Waals surface area contributed by atoms with Crippen LogP contribution < -0.4 is 0 Å². The van der Waals surface area contributed by atoms with Crippen LogP contribution in [0.4, 0.5) is 0 Å². The van der Waals surface area contributed by atoms with Crippen molar-refractivity contribution in [1.82, 2.24) is 0 Å². The Balaban J connectivity index is 2.05. The number of ketones is 1. The zero-order valence-electron chi connectivity index (χ0n) is 9.72. The molecule has 2 rings (SSSR count). The van der Waals surface area contributed by atoms with Gasteiger partial charge in [0, 0.05) is 20.0 Å². The molecule has 1 saturated carbocycles. The largest absolute Gasteiger partial charge is 0.294 e. The number of Topliss-reactive ketones (excluding diaryl/α,β-unsaturated/α-hetero) is 1. The second-order valence-corrected chi connectivity index (χ2v) is 6.86. The molecule has 0 spiro atoms. The Morgan fingerprint density at radius 2 is 2.00 bits per heavy atom. The molecule has 0 bridgehead atoms. The van der Waals surface area contributed by atoms with E-state index in [2.05, 4.69) is 38.5 Å². The molecular weight excluding hydrogens is 391 g/mol. The van der Waals surface area contributed by atoms with E-state index in [0.717, 1.165) is 20.0 Å². The van der Waals surface area contributed by atoms with E-state index in [-0.39, 0.29) is 0 Å². The Bertz CT molecular complexity index is 411. The number of hydrogen-bond acceptors (Lipinski definition) is 1. The Morgan fingerprint density at radius 3 is 2.71 bits per heavy atom. The van der Waals surface area contributed by atoms with Crippen molar-refractivity contribution in [2.24, 2.45) is 5.92 Å². The van der Waals surface area contributed by atoms with E-state index in [1.807, 2.05) is 18.2 Å². The first-order valence-electron chi connectivity index (χ1n) is 6.15. The molecule has 0 unspecified atom stereocenters. The van der Waals surface area contributed by atoms with Gasteiger partial charge in [-0.15, -0.1) is 0 Å². The molecule has 0 saturated heterocycles. The van der Waals surface area contributed by atoms with E-state index < -0.39 is 0 Å². The third kappa shape index (κ3) is 3.78. The lowest BCUT2D eigenvalue weighted by Gasteiger charge is -2.20. The fourth-order valence-corrected chi connectivity index (χ4v) is 3.43. The first kappa shape index (κ1) is 13.5. The summed E-state index contributed by atoms with van der Waals surface area (Å²) in [6.07, 6.45) is 7.12. The fraction of sp³-hybridized carbons (Fsp3) is 0.500. The molecular formula is C14H16BrIO. The Morgan fingerprint density at radius 1 is 1.29 bits per heavy atom. The Kier molecular flexibility index (Phi) is 5.03. The van der Waals surface area contributed by atoms with Crippen molar-refractivity contribution in [2.75, 3.05) is 0 Å². The van der Waals surface area contributed by atoms with Crippen LogP contribution in [0.5, 0.6) is 0 Å². The minimum atomic E-state index is 0.294. The number of benzene rings is 1. The number of hydrogen-bond donors (Lipinski definition) is 0. The van der Waals surface area contributed by atoms with Gasteiger partial charge in [0.15, 0.2) is 5.78 Å². The van der Waals surface area contributed by atoms with Crippen molar-refractivity contribution in [3.8, 4) is 0 Å². The molecule has 0 atom stereocenters. The quantitative estimate of drug-likeness (QED) is 0.497. The fourth-order valence-electron chi connectivity index (χ4n) is 2.47. The summed E-state index contributed by atoms with van der Waals surface area (Å²) >= 11 is 5.72. The second kappa shape index (κ2) is 6.32. The molecule has 92 valence electrons. The van der Waals surface area contributed by atoms with Crippen molar-refractivity contribution < 1.29 is 4.79 Å². The summed E-state index contributed by atoms with van der Waals surface area (Å²) in [6, 6.07) is 5.97. The smallest absolute Gasteiger partial charge is 0.164 e. The van der Waals surface area contributed by atoms with E-state index in [0.29, 0.717) is 11.7 Å². The molecule has 1 aliphatic carbocycles. The summed E-state index contributed by atoms with van der Waals surface area (Å²) in [5, 5.41) is 0. The molecule has 0 aromatic heterocycles. The van der Waals surface area contributed by atoms with Gasteiger partial charge in [-0.25, -0.2) is 0 Å². The van der Waals surface area contributed by atoms with Gasteiger partial charge >= 0.3 is 0 Å². The molecule has 1 nitrogen and oxygen atoms in total. The third-order valence-electron chi connectivity index (χ3n) is 3.43. The minimum absolute atomic E-state index is 0.294. The number of carbonyl (C=O) groups is 1. The zero-order valence-corrected chi connectivity index (χ0v) is 13.5. The maximum atomic E-state index is 12.3. The first-order valence-corrected chi connectivity index (χ1v) is 8.02. The molecule has 0 heterocycles. The van der Waals surface area contributed by atoms with E-state index in [9.17, 15) is 4.79 Å². The van der Waals surface area contributed by atoms with Crippen LogP contribution in [-0.2, 0) is 0 Å². The molecule has 1 fully saturated rings. The molecule has 17 heavy (non-hydrogen) atoms. The van der Waals surface area contributed by atoms with Gasteiger partial charge in [-0.05, 0) is 46.7 Å². The molecule has 1 aromatic carbocycles. The maximum absolute atomic E-state index is 12.3. The van der Waals surface area contributed by atoms with Gasteiger partial charge in [0.05, 0.1) is 0 Å². The summed E-state index contributed by atoms with van der Waals surface area (Å²) in [4.78, 5) is 12.3. The van der Waals surface area contributed by atoms with E-state index in [1.54, 1.807) is 0 Å². The van der Waals surface area contributed by atoms with Crippen LogP contribution in [0.15, 0.2) is 22.7 Å². The molecule has 1 aliphatic rings. The highest BCUT2D eigenvalue weighted by Crippen LogP contribution is 2.29. The zero-order chi connectivity index (χ0) is 12.3. The Hall–Kier alpha value is 0.1000. The summed E-state index contributed by atoms with van der Waals surface area (Å²) < 4.78 is 2.05. The van der Waals surface area contributed by atoms with Crippen LogP contribution in [0.25, 0.3) is 0 Å². The lowest BCUT2D eigenvalue weighted by atomic mass is 9.85. The number of rotatable bonds is 3. The van der Waals surface area contributed by atoms with Crippen molar-refractivity contribution in [3.05, 3.63) is 31.8 Å². The highest BCUT2D eigenvalue weighted by Gasteiger charge is 2.19. The van der Waals surface area contributed by atoms with Crippen LogP contribution in [-0.4, -0.2) is 5.78 Å². The highest BCUT2D eigenvalue weighted by molar-refractivity contribution is 14.1. The van der Waals surface area contributed by atoms with E-state index in [1.165, 1.54) is 32.1 Å². The highest BCUT2D eigenvalue weighted by atomic mass is 127. The number of carbonyl (C=O) groups excluding carboxylic acids is 1. The van der Waals surface area contributed by atoms with E-state index >= 15 is 0 Å². The summed E-state index contributed by atoms with van der Waals surface area (Å²) in [7, 11) is 0. The van der Waals surface area contributed by atoms with Crippen LogP contribution in [0.2, 0.25) is 0 Å². The van der Waals surface area contributed by atoms with Crippen LogP contribution in [0.1, 0.15) is 48.9 Å². The second-order valence-electron chi connectivity index (χ2n) is 4.76. The van der Waals surface area contributed by atoms with Crippen LogP contribution in [0.3, 0.4) is 0 Å². The summed E-state index contributed by atoms with van der Waals surface area (Å²) in [5.74, 6) is 0.906. The van der Waals surface area contributed by atoms with Crippen molar-refractivity contribution in [3.63, 3.8) is 0 Å². The van der Waals surface area contributed by atoms with Gasteiger partial charge in [0.25, 0.3) is 0 Å². The van der Waals surface area contributed by atoms with Crippen molar-refractivity contribution in [1.29, 1.82) is 0 Å². The molecule has 0 radical (unpaired) electrons. The van der Waals surface area contributed by atoms with Crippen molar-refractivity contribution in [2.45, 2.75) is 38.5 Å². The van der Waals surface area contributed by atoms with Gasteiger partial charge in [-0.3, -0.25) is 4.79 Å². The van der Waals surface area contributed by atoms with Crippen molar-refractivity contribution >= 4 is 44.3 Å². The first-order chi connectivity index (χ1) is 8.16. The van der Waals surface area contributed by atoms with E-state index in [4.69, 9.17) is 0 Å². The monoisotopic (exact) mass is 406 g/mol. The molecule has 0 aliphatic heterocycles. The summed E-state index contributed by atoms with van der Waals surface area (Å²) in [5.41, 5.74) is 0.850. The van der Waals surface area contributed by atoms with Crippen LogP contribution in [0, 0.1) is 9.49 Å².